The largest absolute Gasteiger partial charge is 0.497 e. The van der Waals surface area contributed by atoms with E-state index >= 15 is 0 Å². The van der Waals surface area contributed by atoms with Gasteiger partial charge in [-0.2, -0.15) is 4.98 Å². The fraction of sp³-hybridized carbons (Fsp3) is 0.308. The zero-order valence-corrected chi connectivity index (χ0v) is 10.3. The molecule has 0 aliphatic rings. The topological polar surface area (TPSA) is 65.2 Å². The van der Waals surface area contributed by atoms with Crippen molar-refractivity contribution < 1.29 is 14.1 Å². The molecule has 2 aromatic rings. The lowest BCUT2D eigenvalue weighted by Crippen LogP contribution is -1.94. The number of Topliss-reactive ketones (excluding diaryl/α,β-unsaturated/α-hetero) is 1. The van der Waals surface area contributed by atoms with Gasteiger partial charge in [0.25, 0.3) is 0 Å². The minimum atomic E-state index is 0.108. The van der Waals surface area contributed by atoms with Crippen LogP contribution in [0.3, 0.4) is 0 Å². The van der Waals surface area contributed by atoms with E-state index in [1.54, 1.807) is 14.0 Å². The number of methoxy groups -OCH3 is 1. The summed E-state index contributed by atoms with van der Waals surface area (Å²) < 4.78 is 10.2. The molecule has 0 aliphatic heterocycles. The number of aryl methyl sites for hydroxylation is 1. The minimum Gasteiger partial charge on any atom is -0.497 e. The number of ether oxygens (including phenoxy) is 1. The standard InChI is InChI=1S/C13H14N2O3/c1-9(16)6-7-12-14-13(15-18-12)10-4-3-5-11(8-10)17-2/h3-5,8H,6-7H2,1-2H3. The molecule has 1 heterocycles. The van der Waals surface area contributed by atoms with E-state index in [2.05, 4.69) is 10.1 Å². The molecule has 1 aromatic heterocycles. The molecule has 1 aromatic carbocycles. The van der Waals surface area contributed by atoms with Gasteiger partial charge in [-0.3, -0.25) is 0 Å². The Balaban J connectivity index is 2.15. The van der Waals surface area contributed by atoms with Gasteiger partial charge in [-0.25, -0.2) is 0 Å². The predicted octanol–water partition coefficient (Wildman–Crippen LogP) is 2.27. The maximum atomic E-state index is 10.9. The Hall–Kier alpha value is -2.17. The molecular formula is C13H14N2O3. The van der Waals surface area contributed by atoms with Crippen molar-refractivity contribution >= 4 is 5.78 Å². The normalized spacial score (nSPS) is 10.3. The average Bonchev–Trinajstić information content (AvgIpc) is 2.85. The lowest BCUT2D eigenvalue weighted by Gasteiger charge is -1.99. The lowest BCUT2D eigenvalue weighted by molar-refractivity contribution is -0.117. The number of ketones is 1. The third kappa shape index (κ3) is 2.94. The van der Waals surface area contributed by atoms with Crippen LogP contribution in [0.25, 0.3) is 11.4 Å². The first-order chi connectivity index (χ1) is 8.69. The Morgan fingerprint density at radius 1 is 1.44 bits per heavy atom. The second-order valence-corrected chi connectivity index (χ2v) is 3.95. The van der Waals surface area contributed by atoms with Crippen molar-refractivity contribution in [1.29, 1.82) is 0 Å². The van der Waals surface area contributed by atoms with Crippen molar-refractivity contribution in [2.24, 2.45) is 0 Å². The Bertz CT molecular complexity index is 549. The molecule has 0 saturated carbocycles. The summed E-state index contributed by atoms with van der Waals surface area (Å²) in [5.74, 6) is 1.83. The van der Waals surface area contributed by atoms with E-state index in [4.69, 9.17) is 9.26 Å². The van der Waals surface area contributed by atoms with Crippen LogP contribution in [0.15, 0.2) is 28.8 Å². The highest BCUT2D eigenvalue weighted by Gasteiger charge is 2.09. The molecular weight excluding hydrogens is 232 g/mol. The van der Waals surface area contributed by atoms with E-state index in [0.29, 0.717) is 24.6 Å². The molecule has 0 amide bonds. The van der Waals surface area contributed by atoms with Crippen LogP contribution >= 0.6 is 0 Å². The second kappa shape index (κ2) is 5.44. The fourth-order valence-corrected chi connectivity index (χ4v) is 1.52. The summed E-state index contributed by atoms with van der Waals surface area (Å²) in [7, 11) is 1.60. The van der Waals surface area contributed by atoms with Crippen molar-refractivity contribution in [2.75, 3.05) is 7.11 Å². The first-order valence-corrected chi connectivity index (χ1v) is 5.65. The summed E-state index contributed by atoms with van der Waals surface area (Å²) in [6.07, 6.45) is 0.895. The second-order valence-electron chi connectivity index (χ2n) is 3.95. The van der Waals surface area contributed by atoms with Crippen LogP contribution in [0.4, 0.5) is 0 Å². The van der Waals surface area contributed by atoms with Crippen molar-refractivity contribution in [2.45, 2.75) is 19.8 Å². The summed E-state index contributed by atoms with van der Waals surface area (Å²) in [5.41, 5.74) is 0.826. The number of hydrogen-bond acceptors (Lipinski definition) is 5. The number of benzene rings is 1. The maximum Gasteiger partial charge on any atom is 0.227 e. The van der Waals surface area contributed by atoms with Crippen LogP contribution in [-0.2, 0) is 11.2 Å². The van der Waals surface area contributed by atoms with Gasteiger partial charge < -0.3 is 14.1 Å². The first kappa shape index (κ1) is 12.3. The summed E-state index contributed by atoms with van der Waals surface area (Å²) in [5, 5.41) is 3.89. The third-order valence-electron chi connectivity index (χ3n) is 2.49. The van der Waals surface area contributed by atoms with Crippen molar-refractivity contribution in [3.63, 3.8) is 0 Å². The maximum absolute atomic E-state index is 10.9. The lowest BCUT2D eigenvalue weighted by atomic mass is 10.2. The Morgan fingerprint density at radius 2 is 2.28 bits per heavy atom. The highest BCUT2D eigenvalue weighted by Crippen LogP contribution is 2.21. The van der Waals surface area contributed by atoms with E-state index < -0.39 is 0 Å². The van der Waals surface area contributed by atoms with Crippen LogP contribution in [0.5, 0.6) is 5.75 Å². The van der Waals surface area contributed by atoms with Crippen molar-refractivity contribution in [1.82, 2.24) is 10.1 Å². The molecule has 5 nitrogen and oxygen atoms in total. The number of carbonyl (C=O) groups excluding carboxylic acids is 1. The molecule has 0 radical (unpaired) electrons. The molecule has 0 atom stereocenters. The molecule has 2 rings (SSSR count). The molecule has 0 fully saturated rings. The van der Waals surface area contributed by atoms with E-state index in [-0.39, 0.29) is 5.78 Å². The van der Waals surface area contributed by atoms with Gasteiger partial charge in [0.2, 0.25) is 11.7 Å². The highest BCUT2D eigenvalue weighted by molar-refractivity contribution is 5.75. The average molecular weight is 246 g/mol. The summed E-state index contributed by atoms with van der Waals surface area (Å²) in [6, 6.07) is 7.42. The zero-order valence-electron chi connectivity index (χ0n) is 10.3. The van der Waals surface area contributed by atoms with Gasteiger partial charge in [0, 0.05) is 18.4 Å². The smallest absolute Gasteiger partial charge is 0.227 e. The molecule has 18 heavy (non-hydrogen) atoms. The van der Waals surface area contributed by atoms with Crippen molar-refractivity contribution in [3.05, 3.63) is 30.2 Å². The van der Waals surface area contributed by atoms with E-state index in [1.807, 2.05) is 24.3 Å². The number of hydrogen-bond donors (Lipinski definition) is 0. The van der Waals surface area contributed by atoms with Gasteiger partial charge in [-0.05, 0) is 19.1 Å². The van der Waals surface area contributed by atoms with Gasteiger partial charge in [-0.1, -0.05) is 17.3 Å². The van der Waals surface area contributed by atoms with Gasteiger partial charge in [0.05, 0.1) is 7.11 Å². The Labute approximate surface area is 105 Å². The van der Waals surface area contributed by atoms with E-state index in [9.17, 15) is 4.79 Å². The molecule has 0 N–H and O–H groups in total. The zero-order chi connectivity index (χ0) is 13.0. The van der Waals surface area contributed by atoms with Crippen LogP contribution < -0.4 is 4.74 Å². The van der Waals surface area contributed by atoms with Crippen LogP contribution in [0.2, 0.25) is 0 Å². The first-order valence-electron chi connectivity index (χ1n) is 5.65. The number of carbonyl (C=O) groups is 1. The van der Waals surface area contributed by atoms with Crippen LogP contribution in [0, 0.1) is 0 Å². The molecule has 0 aliphatic carbocycles. The van der Waals surface area contributed by atoms with Gasteiger partial charge >= 0.3 is 0 Å². The van der Waals surface area contributed by atoms with Gasteiger partial charge in [0.1, 0.15) is 11.5 Å². The third-order valence-corrected chi connectivity index (χ3v) is 2.49. The van der Waals surface area contributed by atoms with Gasteiger partial charge in [-0.15, -0.1) is 0 Å². The predicted molar refractivity (Wildman–Crippen MR) is 65.3 cm³/mol. The van der Waals surface area contributed by atoms with Crippen LogP contribution in [0.1, 0.15) is 19.2 Å². The quantitative estimate of drug-likeness (QED) is 0.809. The molecule has 0 saturated heterocycles. The molecule has 5 heteroatoms. The highest BCUT2D eigenvalue weighted by atomic mass is 16.5. The molecule has 0 unspecified atom stereocenters. The number of rotatable bonds is 5. The van der Waals surface area contributed by atoms with E-state index in [1.165, 1.54) is 0 Å². The molecule has 0 bridgehead atoms. The number of aromatic nitrogens is 2. The fourth-order valence-electron chi connectivity index (χ4n) is 1.52. The Morgan fingerprint density at radius 3 is 3.00 bits per heavy atom. The van der Waals surface area contributed by atoms with Crippen LogP contribution in [-0.4, -0.2) is 23.0 Å². The molecule has 0 spiro atoms. The number of nitrogens with zero attached hydrogens (tertiary/aromatic N) is 2. The van der Waals surface area contributed by atoms with Gasteiger partial charge in [0.15, 0.2) is 0 Å². The molecule has 94 valence electrons. The van der Waals surface area contributed by atoms with Crippen molar-refractivity contribution in [3.8, 4) is 17.1 Å². The summed E-state index contributed by atoms with van der Waals surface area (Å²) in [6.45, 7) is 1.54. The minimum absolute atomic E-state index is 0.108. The van der Waals surface area contributed by atoms with E-state index in [0.717, 1.165) is 11.3 Å². The summed E-state index contributed by atoms with van der Waals surface area (Å²) in [4.78, 5) is 15.1. The monoisotopic (exact) mass is 246 g/mol. The Kier molecular flexibility index (Phi) is 3.72. The summed E-state index contributed by atoms with van der Waals surface area (Å²) >= 11 is 0. The SMILES string of the molecule is COc1cccc(-c2noc(CCC(C)=O)n2)c1.